The Labute approximate surface area is 165 Å². The molecule has 3 aromatic carbocycles. The zero-order chi connectivity index (χ0) is 19.7. The van der Waals surface area contributed by atoms with E-state index < -0.39 is 0 Å². The van der Waals surface area contributed by atoms with Crippen molar-refractivity contribution < 1.29 is 18.2 Å². The first-order chi connectivity index (χ1) is 14.1. The number of aromatic nitrogens is 3. The average molecular weight is 384 g/mol. The summed E-state index contributed by atoms with van der Waals surface area (Å²) in [5, 5.41) is 6.98. The van der Waals surface area contributed by atoms with Crippen molar-refractivity contribution in [3.8, 4) is 34.2 Å². The van der Waals surface area contributed by atoms with Gasteiger partial charge in [-0.1, -0.05) is 17.3 Å². The van der Waals surface area contributed by atoms with Crippen molar-refractivity contribution in [2.24, 2.45) is 7.05 Å². The quantitative estimate of drug-likeness (QED) is 0.293. The number of aryl methyl sites for hydroxylation is 2. The van der Waals surface area contributed by atoms with Crippen LogP contribution >= 0.6 is 0 Å². The molecule has 6 rings (SSSR count). The number of nitrogens with zero attached hydrogens (tertiary/aromatic N) is 3. The molecule has 0 spiro atoms. The lowest BCUT2D eigenvalue weighted by molar-refractivity contribution is -0.632. The number of pyridine rings is 1. The van der Waals surface area contributed by atoms with Gasteiger partial charge in [0.1, 0.15) is 24.4 Å². The molecule has 0 unspecified atom stereocenters. The zero-order valence-electron chi connectivity index (χ0n) is 15.7. The van der Waals surface area contributed by atoms with Crippen molar-refractivity contribution in [2.45, 2.75) is 6.92 Å². The van der Waals surface area contributed by atoms with Gasteiger partial charge in [0, 0.05) is 17.0 Å². The first kappa shape index (κ1) is 16.2. The summed E-state index contributed by atoms with van der Waals surface area (Å²) in [7, 11) is 1.98. The maximum atomic E-state index is 14.1. The second-order valence-electron chi connectivity index (χ2n) is 7.21. The Morgan fingerprint density at radius 2 is 1.86 bits per heavy atom. The number of hydrogen-bond donors (Lipinski definition) is 0. The van der Waals surface area contributed by atoms with E-state index in [9.17, 15) is 4.39 Å². The molecule has 0 aliphatic carbocycles. The van der Waals surface area contributed by atoms with Crippen molar-refractivity contribution in [2.75, 3.05) is 0 Å². The molecule has 1 aliphatic heterocycles. The largest absolute Gasteiger partial charge is 0.456 e. The molecule has 0 fully saturated rings. The molecular weight excluding hydrogens is 369 g/mol. The smallest absolute Gasteiger partial charge is 0.258 e. The maximum Gasteiger partial charge on any atom is 0.258 e. The van der Waals surface area contributed by atoms with Crippen LogP contribution in [0.4, 0.5) is 4.39 Å². The molecular formula is C23H15FN3O2+. The van der Waals surface area contributed by atoms with Gasteiger partial charge in [0.25, 0.3) is 5.89 Å². The number of hydrogen-bond acceptors (Lipinski definition) is 4. The normalized spacial score (nSPS) is 12.2. The first-order valence-corrected chi connectivity index (χ1v) is 9.27. The molecule has 29 heavy (non-hydrogen) atoms. The highest BCUT2D eigenvalue weighted by Gasteiger charge is 2.30. The van der Waals surface area contributed by atoms with Gasteiger partial charge in [0.05, 0.1) is 16.3 Å². The van der Waals surface area contributed by atoms with Crippen molar-refractivity contribution in [3.63, 3.8) is 0 Å². The SMILES string of the molecule is Cc1noc(-c2ccc3c4cccc5c4c([n+](C)c3c2)-c2cc(F)ccc2O5)n1. The Morgan fingerprint density at radius 3 is 2.69 bits per heavy atom. The highest BCUT2D eigenvalue weighted by Crippen LogP contribution is 2.46. The van der Waals surface area contributed by atoms with Gasteiger partial charge in [-0.2, -0.15) is 9.55 Å². The van der Waals surface area contributed by atoms with E-state index >= 15 is 0 Å². The number of rotatable bonds is 1. The third-order valence-electron chi connectivity index (χ3n) is 5.44. The highest BCUT2D eigenvalue weighted by atomic mass is 19.1. The minimum absolute atomic E-state index is 0.296. The van der Waals surface area contributed by atoms with E-state index in [0.717, 1.165) is 44.2 Å². The van der Waals surface area contributed by atoms with Crippen LogP contribution in [0.15, 0.2) is 59.1 Å². The molecule has 5 aromatic rings. The summed E-state index contributed by atoms with van der Waals surface area (Å²) in [4.78, 5) is 4.34. The van der Waals surface area contributed by atoms with Gasteiger partial charge in [-0.15, -0.1) is 0 Å². The summed E-state index contributed by atoms with van der Waals surface area (Å²) in [5.74, 6) is 2.18. The van der Waals surface area contributed by atoms with Crippen LogP contribution in [0.1, 0.15) is 5.82 Å². The lowest BCUT2D eigenvalue weighted by Gasteiger charge is -2.20. The molecule has 0 saturated carbocycles. The summed E-state index contributed by atoms with van der Waals surface area (Å²) < 4.78 is 27.6. The fraction of sp³-hybridized carbons (Fsp3) is 0.0870. The lowest BCUT2D eigenvalue weighted by Crippen LogP contribution is -2.33. The van der Waals surface area contributed by atoms with Crippen LogP contribution in [-0.4, -0.2) is 10.1 Å². The molecule has 6 heteroatoms. The molecule has 3 heterocycles. The third kappa shape index (κ3) is 2.23. The van der Waals surface area contributed by atoms with Crippen molar-refractivity contribution >= 4 is 21.7 Å². The van der Waals surface area contributed by atoms with Gasteiger partial charge in [-0.25, -0.2) is 4.39 Å². The van der Waals surface area contributed by atoms with Gasteiger partial charge < -0.3 is 9.26 Å². The summed E-state index contributed by atoms with van der Waals surface area (Å²) in [5.41, 5.74) is 3.47. The van der Waals surface area contributed by atoms with Gasteiger partial charge in [0.15, 0.2) is 5.82 Å². The van der Waals surface area contributed by atoms with Gasteiger partial charge in [-0.3, -0.25) is 0 Å². The molecule has 0 N–H and O–H groups in total. The minimum atomic E-state index is -0.296. The van der Waals surface area contributed by atoms with Gasteiger partial charge in [-0.05, 0) is 43.3 Å². The van der Waals surface area contributed by atoms with Crippen LogP contribution in [0, 0.1) is 12.7 Å². The second-order valence-corrected chi connectivity index (χ2v) is 7.21. The molecule has 2 aromatic heterocycles. The van der Waals surface area contributed by atoms with Crippen LogP contribution in [0.3, 0.4) is 0 Å². The maximum absolute atomic E-state index is 14.1. The van der Waals surface area contributed by atoms with E-state index in [1.165, 1.54) is 12.1 Å². The van der Waals surface area contributed by atoms with Crippen LogP contribution in [0.2, 0.25) is 0 Å². The first-order valence-electron chi connectivity index (χ1n) is 9.27. The van der Waals surface area contributed by atoms with Crippen LogP contribution in [0.5, 0.6) is 11.5 Å². The Bertz CT molecular complexity index is 1470. The number of ether oxygens (including phenoxy) is 1. The summed E-state index contributed by atoms with van der Waals surface area (Å²) >= 11 is 0. The fourth-order valence-corrected chi connectivity index (χ4v) is 4.17. The Hall–Kier alpha value is -3.80. The minimum Gasteiger partial charge on any atom is -0.456 e. The van der Waals surface area contributed by atoms with Gasteiger partial charge >= 0.3 is 0 Å². The monoisotopic (exact) mass is 384 g/mol. The lowest BCUT2D eigenvalue weighted by atomic mass is 9.95. The van der Waals surface area contributed by atoms with Crippen molar-refractivity contribution in [1.82, 2.24) is 10.1 Å². The van der Waals surface area contributed by atoms with Gasteiger partial charge in [0.2, 0.25) is 11.2 Å². The summed E-state index contributed by atoms with van der Waals surface area (Å²) in [6, 6.07) is 16.7. The Morgan fingerprint density at radius 1 is 0.966 bits per heavy atom. The van der Waals surface area contributed by atoms with E-state index in [2.05, 4.69) is 20.8 Å². The number of halogens is 1. The fourth-order valence-electron chi connectivity index (χ4n) is 4.17. The molecule has 0 saturated heterocycles. The number of benzene rings is 3. The molecule has 0 radical (unpaired) electrons. The van der Waals surface area contributed by atoms with E-state index in [1.807, 2.05) is 37.4 Å². The standard InChI is InChI=1S/C23H15FN3O2/c1-12-25-23(29-26-12)13-6-8-15-16-4-3-5-20-21(16)22(27(2)18(15)10-13)17-11-14(24)7-9-19(17)28-20/h3-11H,1-2H3/q+1. The predicted molar refractivity (Wildman–Crippen MR) is 106 cm³/mol. The third-order valence-corrected chi connectivity index (χ3v) is 5.44. The van der Waals surface area contributed by atoms with Crippen LogP contribution in [-0.2, 0) is 7.05 Å². The molecule has 140 valence electrons. The topological polar surface area (TPSA) is 52.0 Å². The molecule has 0 atom stereocenters. The highest BCUT2D eigenvalue weighted by molar-refractivity contribution is 6.13. The van der Waals surface area contributed by atoms with E-state index in [0.29, 0.717) is 17.5 Å². The van der Waals surface area contributed by atoms with Crippen molar-refractivity contribution in [1.29, 1.82) is 0 Å². The average Bonchev–Trinajstić information content (AvgIpc) is 3.17. The molecule has 1 aliphatic rings. The molecule has 0 amide bonds. The van der Waals surface area contributed by atoms with E-state index in [1.54, 1.807) is 13.0 Å². The van der Waals surface area contributed by atoms with Crippen molar-refractivity contribution in [3.05, 3.63) is 66.2 Å². The second kappa shape index (κ2) is 5.61. The molecule has 5 nitrogen and oxygen atoms in total. The number of fused-ring (bicyclic) bond motifs is 4. The predicted octanol–water partition coefficient (Wildman–Crippen LogP) is 5.09. The van der Waals surface area contributed by atoms with Crippen LogP contribution in [0.25, 0.3) is 44.4 Å². The summed E-state index contributed by atoms with van der Waals surface area (Å²) in [6.45, 7) is 1.79. The van der Waals surface area contributed by atoms with E-state index in [4.69, 9.17) is 9.26 Å². The van der Waals surface area contributed by atoms with E-state index in [-0.39, 0.29) is 5.82 Å². The Kier molecular flexibility index (Phi) is 3.13. The zero-order valence-corrected chi connectivity index (χ0v) is 15.7. The summed E-state index contributed by atoms with van der Waals surface area (Å²) in [6.07, 6.45) is 0. The Balaban J connectivity index is 1.76. The molecule has 0 bridgehead atoms. The van der Waals surface area contributed by atoms with Crippen LogP contribution < -0.4 is 9.30 Å².